The van der Waals surface area contributed by atoms with Crippen molar-refractivity contribution in [2.75, 3.05) is 21.3 Å². The molecule has 4 N–H and O–H groups in total. The number of carbonyl (C=O) groups excluding carboxylic acids is 2. The van der Waals surface area contributed by atoms with E-state index in [1.54, 1.807) is 0 Å². The molecule has 0 saturated heterocycles. The third kappa shape index (κ3) is 6.56. The molecule has 0 bridgehead atoms. The van der Waals surface area contributed by atoms with Gasteiger partial charge in [0, 0.05) is 36.2 Å². The lowest BCUT2D eigenvalue weighted by atomic mass is 10.0. The number of nitrogens with one attached hydrogen (secondary N) is 4. The molecule has 0 radical (unpaired) electrons. The summed E-state index contributed by atoms with van der Waals surface area (Å²) in [7, 11) is 0. The lowest BCUT2D eigenvalue weighted by Gasteiger charge is -2.09. The van der Waals surface area contributed by atoms with Crippen LogP contribution < -0.4 is 21.3 Å². The number of anilines is 4. The van der Waals surface area contributed by atoms with Crippen LogP contribution >= 0.6 is 0 Å². The molecule has 0 unspecified atom stereocenters. The zero-order chi connectivity index (χ0) is 22.9. The Kier molecular flexibility index (Phi) is 6.76. The monoisotopic (exact) mass is 440 g/mol. The molecule has 0 fully saturated rings. The van der Waals surface area contributed by atoms with Crippen molar-refractivity contribution < 1.29 is 9.59 Å². The summed E-state index contributed by atoms with van der Waals surface area (Å²) in [6.45, 7) is 0. The van der Waals surface area contributed by atoms with Crippen molar-refractivity contribution in [3.8, 4) is 0 Å². The first-order chi connectivity index (χ1) is 16.1. The highest BCUT2D eigenvalue weighted by atomic mass is 16.2. The predicted molar refractivity (Wildman–Crippen MR) is 125 cm³/mol. The summed E-state index contributed by atoms with van der Waals surface area (Å²) in [6.07, 6.45) is 9.71. The van der Waals surface area contributed by atoms with Crippen molar-refractivity contribution in [3.05, 3.63) is 96.8 Å². The maximum atomic E-state index is 12.0. The first-order valence-electron chi connectivity index (χ1n) is 10.00. The first-order valence-corrected chi connectivity index (χ1v) is 10.00. The summed E-state index contributed by atoms with van der Waals surface area (Å²) in [5, 5.41) is 10.7. The Labute approximate surface area is 189 Å². The van der Waals surface area contributed by atoms with Gasteiger partial charge in [0.15, 0.2) is 11.6 Å². The second-order valence-corrected chi connectivity index (χ2v) is 6.91. The molecular weight excluding hydrogens is 420 g/mol. The van der Waals surface area contributed by atoms with E-state index in [0.29, 0.717) is 29.4 Å². The smallest absolute Gasteiger partial charge is 0.308 e. The second kappa shape index (κ2) is 10.4. The van der Waals surface area contributed by atoms with Crippen molar-refractivity contribution in [1.82, 2.24) is 19.9 Å². The molecule has 0 saturated carbocycles. The molecule has 0 spiro atoms. The number of hydrogen-bond donors (Lipinski definition) is 4. The van der Waals surface area contributed by atoms with Gasteiger partial charge in [0.25, 0.3) is 0 Å². The first kappa shape index (κ1) is 21.4. The number of urea groups is 2. The van der Waals surface area contributed by atoms with Crippen LogP contribution in [-0.2, 0) is 6.42 Å². The van der Waals surface area contributed by atoms with E-state index in [-0.39, 0.29) is 0 Å². The molecule has 164 valence electrons. The molecule has 0 aliphatic carbocycles. The average Bonchev–Trinajstić information content (AvgIpc) is 2.83. The maximum Gasteiger partial charge on any atom is 0.324 e. The predicted octanol–water partition coefficient (Wildman–Crippen LogP) is 4.15. The quantitative estimate of drug-likeness (QED) is 0.356. The molecule has 10 heteroatoms. The van der Waals surface area contributed by atoms with Crippen molar-refractivity contribution in [3.63, 3.8) is 0 Å². The Hall–Kier alpha value is -4.86. The lowest BCUT2D eigenvalue weighted by Crippen LogP contribution is -2.20. The third-order valence-corrected chi connectivity index (χ3v) is 4.44. The van der Waals surface area contributed by atoms with Crippen LogP contribution in [0, 0.1) is 0 Å². The summed E-state index contributed by atoms with van der Waals surface area (Å²) in [5.74, 6) is 0.742. The fourth-order valence-corrected chi connectivity index (χ4v) is 2.93. The highest BCUT2D eigenvalue weighted by Crippen LogP contribution is 2.16. The Balaban J connectivity index is 1.27. The van der Waals surface area contributed by atoms with Crippen molar-refractivity contribution >= 4 is 35.1 Å². The zero-order valence-corrected chi connectivity index (χ0v) is 17.4. The molecule has 33 heavy (non-hydrogen) atoms. The van der Waals surface area contributed by atoms with Gasteiger partial charge >= 0.3 is 12.1 Å². The van der Waals surface area contributed by atoms with Gasteiger partial charge in [-0.3, -0.25) is 20.6 Å². The summed E-state index contributed by atoms with van der Waals surface area (Å²) in [4.78, 5) is 39.9. The van der Waals surface area contributed by atoms with Crippen molar-refractivity contribution in [2.24, 2.45) is 0 Å². The molecule has 2 heterocycles. The number of aromatic nitrogens is 4. The fraction of sp³-hybridized carbons (Fsp3) is 0.0435. The Bertz CT molecular complexity index is 1100. The maximum absolute atomic E-state index is 12.0. The van der Waals surface area contributed by atoms with Crippen molar-refractivity contribution in [2.45, 2.75) is 6.42 Å². The highest BCUT2D eigenvalue weighted by Gasteiger charge is 2.06. The standard InChI is InChI=1S/C23H20N8O2/c32-22(30-20-14-24-9-11-26-20)28-18-5-1-16(2-6-18)13-17-3-7-19(8-4-17)29-23(33)31-21-15-25-10-12-27-21/h1-12,14-15H,13H2,(H2,26,28,30,32)(H2,27,29,31,33). The van der Waals surface area contributed by atoms with Gasteiger partial charge in [-0.15, -0.1) is 0 Å². The van der Waals surface area contributed by atoms with E-state index in [1.165, 1.54) is 37.2 Å². The molecule has 2 aromatic heterocycles. The molecule has 10 nitrogen and oxygen atoms in total. The van der Waals surface area contributed by atoms with Crippen LogP contribution in [0.25, 0.3) is 0 Å². The van der Waals surface area contributed by atoms with E-state index in [4.69, 9.17) is 0 Å². The van der Waals surface area contributed by atoms with Gasteiger partial charge in [-0.2, -0.15) is 0 Å². The van der Waals surface area contributed by atoms with Gasteiger partial charge in [0.05, 0.1) is 12.4 Å². The molecule has 4 rings (SSSR count). The number of hydrogen-bond acceptors (Lipinski definition) is 6. The SMILES string of the molecule is O=C(Nc1ccc(Cc2ccc(NC(=O)Nc3cnccn3)cc2)cc1)Nc1cnccn1. The van der Waals surface area contributed by atoms with Crippen LogP contribution in [-0.4, -0.2) is 32.0 Å². The van der Waals surface area contributed by atoms with Crippen LogP contribution in [0.1, 0.15) is 11.1 Å². The summed E-state index contributed by atoms with van der Waals surface area (Å²) >= 11 is 0. The number of carbonyl (C=O) groups is 2. The Morgan fingerprint density at radius 3 is 1.36 bits per heavy atom. The van der Waals surface area contributed by atoms with Gasteiger partial charge < -0.3 is 10.6 Å². The van der Waals surface area contributed by atoms with Crippen LogP contribution in [0.5, 0.6) is 0 Å². The minimum absolute atomic E-state index is 0.371. The zero-order valence-electron chi connectivity index (χ0n) is 17.4. The summed E-state index contributed by atoms with van der Waals surface area (Å²) in [5.41, 5.74) is 3.48. The van der Waals surface area contributed by atoms with E-state index < -0.39 is 12.1 Å². The molecule has 4 amide bonds. The van der Waals surface area contributed by atoms with E-state index in [0.717, 1.165) is 11.1 Å². The molecule has 0 aliphatic heterocycles. The summed E-state index contributed by atoms with van der Waals surface area (Å²) in [6, 6.07) is 14.3. The van der Waals surface area contributed by atoms with Crippen LogP contribution in [0.15, 0.2) is 85.7 Å². The number of benzene rings is 2. The van der Waals surface area contributed by atoms with E-state index >= 15 is 0 Å². The Morgan fingerprint density at radius 2 is 1.00 bits per heavy atom. The molecule has 0 atom stereocenters. The van der Waals surface area contributed by atoms with Crippen LogP contribution in [0.4, 0.5) is 32.6 Å². The van der Waals surface area contributed by atoms with E-state index in [1.807, 2.05) is 48.5 Å². The van der Waals surface area contributed by atoms with Crippen LogP contribution in [0.2, 0.25) is 0 Å². The van der Waals surface area contributed by atoms with Crippen molar-refractivity contribution in [1.29, 1.82) is 0 Å². The van der Waals surface area contributed by atoms with Gasteiger partial charge in [0.2, 0.25) is 0 Å². The van der Waals surface area contributed by atoms with Crippen LogP contribution in [0.3, 0.4) is 0 Å². The molecule has 4 aromatic rings. The normalized spacial score (nSPS) is 10.2. The second-order valence-electron chi connectivity index (χ2n) is 6.91. The number of nitrogens with zero attached hydrogens (tertiary/aromatic N) is 4. The molecule has 0 aliphatic rings. The number of rotatable bonds is 6. The lowest BCUT2D eigenvalue weighted by molar-refractivity contribution is 0.261. The van der Waals surface area contributed by atoms with E-state index in [9.17, 15) is 9.59 Å². The van der Waals surface area contributed by atoms with Gasteiger partial charge in [0.1, 0.15) is 0 Å². The van der Waals surface area contributed by atoms with Gasteiger partial charge in [-0.1, -0.05) is 24.3 Å². The molecule has 2 aromatic carbocycles. The fourth-order valence-electron chi connectivity index (χ4n) is 2.93. The minimum atomic E-state index is -0.394. The average molecular weight is 440 g/mol. The largest absolute Gasteiger partial charge is 0.324 e. The molecular formula is C23H20N8O2. The Morgan fingerprint density at radius 1 is 0.576 bits per heavy atom. The number of amides is 4. The highest BCUT2D eigenvalue weighted by molar-refractivity contribution is 5.99. The topological polar surface area (TPSA) is 134 Å². The third-order valence-electron chi connectivity index (χ3n) is 4.44. The minimum Gasteiger partial charge on any atom is -0.308 e. The summed E-state index contributed by atoms with van der Waals surface area (Å²) < 4.78 is 0. The van der Waals surface area contributed by atoms with Gasteiger partial charge in [-0.05, 0) is 41.8 Å². The van der Waals surface area contributed by atoms with Gasteiger partial charge in [-0.25, -0.2) is 19.6 Å². The van der Waals surface area contributed by atoms with E-state index in [2.05, 4.69) is 41.2 Å².